The van der Waals surface area contributed by atoms with Gasteiger partial charge in [0.15, 0.2) is 0 Å². The third kappa shape index (κ3) is 6.37. The van der Waals surface area contributed by atoms with Gasteiger partial charge in [0.25, 0.3) is 0 Å². The zero-order chi connectivity index (χ0) is 21.9. The predicted octanol–water partition coefficient (Wildman–Crippen LogP) is 3.69. The van der Waals surface area contributed by atoms with Gasteiger partial charge >= 0.3 is 16.2 Å². The predicted molar refractivity (Wildman–Crippen MR) is 108 cm³/mol. The standard InChI is InChI=1S/C21H28NO6S/c1-16-6-12-19(13-7-16)29(25,26)28-22(5,20(24)27-21(2,3)4)14-17-8-10-18(15-23)11-9-17/h6-13,23H,14-15H2,1-5H3/q+1. The van der Waals surface area contributed by atoms with Crippen LogP contribution in [-0.4, -0.2) is 36.9 Å². The lowest BCUT2D eigenvalue weighted by atomic mass is 10.1. The maximum atomic E-state index is 12.9. The Morgan fingerprint density at radius 2 is 1.52 bits per heavy atom. The fraction of sp³-hybridized carbons (Fsp3) is 0.381. The average molecular weight is 423 g/mol. The van der Waals surface area contributed by atoms with Gasteiger partial charge in [-0.1, -0.05) is 50.9 Å². The highest BCUT2D eigenvalue weighted by atomic mass is 32.2. The van der Waals surface area contributed by atoms with Crippen molar-refractivity contribution in [2.24, 2.45) is 0 Å². The molecule has 0 aromatic heterocycles. The summed E-state index contributed by atoms with van der Waals surface area (Å²) in [5.41, 5.74) is 1.43. The van der Waals surface area contributed by atoms with Crippen LogP contribution < -0.4 is 0 Å². The second kappa shape index (κ2) is 8.62. The Bertz CT molecular complexity index is 946. The first-order chi connectivity index (χ1) is 13.3. The van der Waals surface area contributed by atoms with Gasteiger partial charge in [-0.25, -0.2) is 0 Å². The van der Waals surface area contributed by atoms with Crippen LogP contribution in [0.4, 0.5) is 4.79 Å². The molecular weight excluding hydrogens is 394 g/mol. The lowest BCUT2D eigenvalue weighted by molar-refractivity contribution is -1.01. The number of nitrogens with zero attached hydrogens (tertiary/aromatic N) is 1. The van der Waals surface area contributed by atoms with Crippen LogP contribution in [0.15, 0.2) is 53.4 Å². The van der Waals surface area contributed by atoms with Gasteiger partial charge in [0, 0.05) is 5.56 Å². The van der Waals surface area contributed by atoms with Gasteiger partial charge in [0.1, 0.15) is 19.2 Å². The van der Waals surface area contributed by atoms with E-state index in [0.717, 1.165) is 5.56 Å². The Morgan fingerprint density at radius 3 is 2.00 bits per heavy atom. The van der Waals surface area contributed by atoms with E-state index in [-0.39, 0.29) is 18.0 Å². The summed E-state index contributed by atoms with van der Waals surface area (Å²) in [6, 6.07) is 13.0. The van der Waals surface area contributed by atoms with Crippen molar-refractivity contribution in [3.63, 3.8) is 0 Å². The van der Waals surface area contributed by atoms with E-state index in [2.05, 4.69) is 0 Å². The number of quaternary nitrogens is 1. The Kier molecular flexibility index (Phi) is 6.85. The molecule has 0 aliphatic rings. The van der Waals surface area contributed by atoms with E-state index in [1.807, 2.05) is 6.92 Å². The summed E-state index contributed by atoms with van der Waals surface area (Å²) in [6.07, 6.45) is -0.834. The van der Waals surface area contributed by atoms with Crippen LogP contribution in [0.3, 0.4) is 0 Å². The number of aryl methyl sites for hydroxylation is 1. The number of ether oxygens (including phenoxy) is 1. The molecular formula is C21H28NO6S+. The number of carbonyl (C=O) groups is 1. The number of aliphatic hydroxyl groups is 1. The Hall–Kier alpha value is -2.26. The largest absolute Gasteiger partial charge is 0.551 e. The normalized spacial score (nSPS) is 14.3. The molecule has 2 rings (SSSR count). The molecule has 1 unspecified atom stereocenters. The van der Waals surface area contributed by atoms with Gasteiger partial charge in [-0.05, 0) is 45.4 Å². The average Bonchev–Trinajstić information content (AvgIpc) is 2.61. The van der Waals surface area contributed by atoms with Crippen LogP contribution in [-0.2, 0) is 32.3 Å². The molecule has 158 valence electrons. The summed E-state index contributed by atoms with van der Waals surface area (Å²) in [7, 11) is -2.89. The van der Waals surface area contributed by atoms with E-state index in [0.29, 0.717) is 11.1 Å². The van der Waals surface area contributed by atoms with Crippen LogP contribution in [0, 0.1) is 6.92 Å². The molecule has 1 atom stereocenters. The minimum Gasteiger partial charge on any atom is -0.412 e. The van der Waals surface area contributed by atoms with Gasteiger partial charge in [0.05, 0.1) is 11.5 Å². The Labute approximate surface area is 172 Å². The second-order valence-electron chi connectivity index (χ2n) is 8.06. The molecule has 0 aliphatic carbocycles. The lowest BCUT2D eigenvalue weighted by Crippen LogP contribution is -2.51. The first kappa shape index (κ1) is 23.0. The third-order valence-electron chi connectivity index (χ3n) is 4.04. The number of amides is 1. The summed E-state index contributed by atoms with van der Waals surface area (Å²) < 4.78 is 35.6. The maximum absolute atomic E-state index is 12.9. The number of rotatable bonds is 6. The molecule has 0 fully saturated rings. The van der Waals surface area contributed by atoms with Crippen molar-refractivity contribution in [2.45, 2.75) is 51.3 Å². The number of hydrogen-bond acceptors (Lipinski definition) is 6. The first-order valence-corrected chi connectivity index (χ1v) is 10.6. The highest BCUT2D eigenvalue weighted by Crippen LogP contribution is 2.25. The quantitative estimate of drug-likeness (QED) is 0.564. The Morgan fingerprint density at radius 1 is 1.00 bits per heavy atom. The molecule has 0 aliphatic heterocycles. The van der Waals surface area contributed by atoms with Gasteiger partial charge in [-0.3, -0.25) is 0 Å². The molecule has 2 aromatic rings. The number of hydrogen-bond donors (Lipinski definition) is 1. The SMILES string of the molecule is Cc1ccc(S(=O)(=O)O[N+](C)(Cc2ccc(CO)cc2)C(=O)OC(C)(C)C)cc1. The van der Waals surface area contributed by atoms with E-state index in [1.54, 1.807) is 57.2 Å². The molecule has 0 saturated heterocycles. The van der Waals surface area contributed by atoms with Crippen LogP contribution in [0.5, 0.6) is 0 Å². The molecule has 0 heterocycles. The van der Waals surface area contributed by atoms with Crippen LogP contribution in [0.2, 0.25) is 0 Å². The molecule has 2 aromatic carbocycles. The van der Waals surface area contributed by atoms with Crippen molar-refractivity contribution in [3.05, 3.63) is 65.2 Å². The van der Waals surface area contributed by atoms with Crippen molar-refractivity contribution in [1.82, 2.24) is 0 Å². The van der Waals surface area contributed by atoms with Gasteiger partial charge in [-0.15, -0.1) is 0 Å². The summed E-state index contributed by atoms with van der Waals surface area (Å²) in [6.45, 7) is 6.73. The fourth-order valence-electron chi connectivity index (χ4n) is 2.54. The number of aliphatic hydroxyl groups excluding tert-OH is 1. The number of carbonyl (C=O) groups excluding carboxylic acids is 1. The van der Waals surface area contributed by atoms with Gasteiger partial charge < -0.3 is 9.84 Å². The van der Waals surface area contributed by atoms with Crippen molar-refractivity contribution >= 4 is 16.2 Å². The van der Waals surface area contributed by atoms with E-state index in [9.17, 15) is 18.3 Å². The summed E-state index contributed by atoms with van der Waals surface area (Å²) >= 11 is 0. The topological polar surface area (TPSA) is 89.9 Å². The molecule has 1 amide bonds. The van der Waals surface area contributed by atoms with E-state index < -0.39 is 26.5 Å². The first-order valence-electron chi connectivity index (χ1n) is 9.15. The zero-order valence-electron chi connectivity index (χ0n) is 17.4. The molecule has 7 nitrogen and oxygen atoms in total. The minimum absolute atomic E-state index is 0.0494. The molecule has 0 bridgehead atoms. The van der Waals surface area contributed by atoms with E-state index in [1.165, 1.54) is 19.2 Å². The molecule has 0 spiro atoms. The molecule has 29 heavy (non-hydrogen) atoms. The van der Waals surface area contributed by atoms with E-state index >= 15 is 0 Å². The highest BCUT2D eigenvalue weighted by molar-refractivity contribution is 7.86. The van der Waals surface area contributed by atoms with Crippen LogP contribution in [0.25, 0.3) is 0 Å². The molecule has 1 N–H and O–H groups in total. The summed E-state index contributed by atoms with van der Waals surface area (Å²) in [4.78, 5) is 12.8. The van der Waals surface area contributed by atoms with Crippen LogP contribution in [0.1, 0.15) is 37.5 Å². The van der Waals surface area contributed by atoms with Crippen molar-refractivity contribution in [3.8, 4) is 0 Å². The van der Waals surface area contributed by atoms with Gasteiger partial charge in [0.2, 0.25) is 0 Å². The van der Waals surface area contributed by atoms with Gasteiger partial charge in [-0.2, -0.15) is 13.2 Å². The van der Waals surface area contributed by atoms with Crippen molar-refractivity contribution < 1.29 is 32.0 Å². The molecule has 8 heteroatoms. The molecule has 0 radical (unpaired) electrons. The smallest absolute Gasteiger partial charge is 0.412 e. The van der Waals surface area contributed by atoms with E-state index in [4.69, 9.17) is 9.02 Å². The summed E-state index contributed by atoms with van der Waals surface area (Å²) in [5, 5.41) is 9.19. The number of hydroxylamine groups is 3. The van der Waals surface area contributed by atoms with Crippen LogP contribution >= 0.6 is 0 Å². The number of benzene rings is 2. The van der Waals surface area contributed by atoms with Crippen molar-refractivity contribution in [2.75, 3.05) is 7.05 Å². The Balaban J connectivity index is 2.39. The lowest BCUT2D eigenvalue weighted by Gasteiger charge is -2.29. The van der Waals surface area contributed by atoms with Crippen molar-refractivity contribution in [1.29, 1.82) is 0 Å². The zero-order valence-corrected chi connectivity index (χ0v) is 18.2. The molecule has 0 saturated carbocycles. The third-order valence-corrected chi connectivity index (χ3v) is 5.42. The fourth-order valence-corrected chi connectivity index (χ4v) is 3.65. The minimum atomic E-state index is -4.24. The highest BCUT2D eigenvalue weighted by Gasteiger charge is 2.44. The monoisotopic (exact) mass is 422 g/mol. The second-order valence-corrected chi connectivity index (χ2v) is 9.58. The summed E-state index contributed by atoms with van der Waals surface area (Å²) in [5.74, 6) is 0. The maximum Gasteiger partial charge on any atom is 0.551 e.